The lowest BCUT2D eigenvalue weighted by atomic mass is 10.0. The van der Waals surface area contributed by atoms with Gasteiger partial charge >= 0.3 is 0 Å². The van der Waals surface area contributed by atoms with E-state index in [1.807, 2.05) is 31.3 Å². The van der Waals surface area contributed by atoms with Crippen LogP contribution in [-0.2, 0) is 0 Å². The van der Waals surface area contributed by atoms with Gasteiger partial charge in [-0.1, -0.05) is 23.7 Å². The minimum atomic E-state index is 0.0694. The Morgan fingerprint density at radius 3 is 2.56 bits per heavy atom. The van der Waals surface area contributed by atoms with Crippen LogP contribution in [0.15, 0.2) is 43.0 Å². The summed E-state index contributed by atoms with van der Waals surface area (Å²) in [6.45, 7) is 0. The van der Waals surface area contributed by atoms with Crippen LogP contribution in [0.25, 0.3) is 0 Å². The van der Waals surface area contributed by atoms with Gasteiger partial charge in [-0.25, -0.2) is 9.97 Å². The van der Waals surface area contributed by atoms with Crippen molar-refractivity contribution in [2.75, 3.05) is 7.05 Å². The predicted molar refractivity (Wildman–Crippen MR) is 64.4 cm³/mol. The van der Waals surface area contributed by atoms with Crippen molar-refractivity contribution in [3.05, 3.63) is 59.1 Å². The molecule has 0 bridgehead atoms. The van der Waals surface area contributed by atoms with Gasteiger partial charge < -0.3 is 5.32 Å². The van der Waals surface area contributed by atoms with Crippen molar-refractivity contribution in [3.63, 3.8) is 0 Å². The zero-order valence-electron chi connectivity index (χ0n) is 8.89. The highest BCUT2D eigenvalue weighted by Crippen LogP contribution is 2.22. The fourth-order valence-electron chi connectivity index (χ4n) is 1.67. The number of halogens is 1. The van der Waals surface area contributed by atoms with E-state index >= 15 is 0 Å². The lowest BCUT2D eigenvalue weighted by molar-refractivity contribution is 0.684. The van der Waals surface area contributed by atoms with E-state index in [0.717, 1.165) is 16.1 Å². The summed E-state index contributed by atoms with van der Waals surface area (Å²) in [6.07, 6.45) is 5.12. The van der Waals surface area contributed by atoms with Crippen molar-refractivity contribution in [1.82, 2.24) is 15.3 Å². The maximum absolute atomic E-state index is 5.97. The quantitative estimate of drug-likeness (QED) is 0.885. The van der Waals surface area contributed by atoms with Crippen LogP contribution in [0.5, 0.6) is 0 Å². The van der Waals surface area contributed by atoms with Gasteiger partial charge in [-0.05, 0) is 24.7 Å². The predicted octanol–water partition coefficient (Wildman–Crippen LogP) is 2.44. The van der Waals surface area contributed by atoms with Crippen LogP contribution in [0.4, 0.5) is 0 Å². The normalized spacial score (nSPS) is 12.4. The number of aromatic nitrogens is 2. The van der Waals surface area contributed by atoms with Gasteiger partial charge in [0.25, 0.3) is 0 Å². The average Bonchev–Trinajstić information content (AvgIpc) is 2.31. The molecule has 1 aromatic heterocycles. The molecule has 1 atom stereocenters. The van der Waals surface area contributed by atoms with E-state index in [0.29, 0.717) is 0 Å². The van der Waals surface area contributed by atoms with Crippen molar-refractivity contribution in [2.24, 2.45) is 0 Å². The first-order valence-corrected chi connectivity index (χ1v) is 5.36. The Bertz CT molecular complexity index is 459. The Morgan fingerprint density at radius 1 is 1.19 bits per heavy atom. The fourth-order valence-corrected chi connectivity index (χ4v) is 1.87. The van der Waals surface area contributed by atoms with Gasteiger partial charge in [-0.3, -0.25) is 0 Å². The number of hydrogen-bond donors (Lipinski definition) is 1. The molecule has 1 N–H and O–H groups in total. The molecule has 1 aromatic carbocycles. The Labute approximate surface area is 99.5 Å². The summed E-state index contributed by atoms with van der Waals surface area (Å²) in [6, 6.07) is 7.83. The molecule has 0 saturated heterocycles. The SMILES string of the molecule is CNC(c1cncnc1)c1cccc(Cl)c1. The molecule has 1 heterocycles. The van der Waals surface area contributed by atoms with Crippen LogP contribution in [-0.4, -0.2) is 17.0 Å². The summed E-state index contributed by atoms with van der Waals surface area (Å²) < 4.78 is 0. The average molecular weight is 234 g/mol. The maximum atomic E-state index is 5.97. The monoisotopic (exact) mass is 233 g/mol. The second kappa shape index (κ2) is 5.05. The summed E-state index contributed by atoms with van der Waals surface area (Å²) >= 11 is 5.97. The largest absolute Gasteiger partial charge is 0.309 e. The highest BCUT2D eigenvalue weighted by atomic mass is 35.5. The Morgan fingerprint density at radius 2 is 1.94 bits per heavy atom. The summed E-state index contributed by atoms with van der Waals surface area (Å²) in [7, 11) is 1.90. The molecule has 0 saturated carbocycles. The van der Waals surface area contributed by atoms with E-state index in [1.54, 1.807) is 12.4 Å². The van der Waals surface area contributed by atoms with E-state index in [4.69, 9.17) is 11.6 Å². The summed E-state index contributed by atoms with van der Waals surface area (Å²) in [5.74, 6) is 0. The second-order valence-electron chi connectivity index (χ2n) is 3.45. The smallest absolute Gasteiger partial charge is 0.115 e. The minimum absolute atomic E-state index is 0.0694. The molecule has 0 spiro atoms. The highest BCUT2D eigenvalue weighted by Gasteiger charge is 2.12. The summed E-state index contributed by atoms with van der Waals surface area (Å²) in [4.78, 5) is 8.03. The van der Waals surface area contributed by atoms with Crippen LogP contribution in [0.3, 0.4) is 0 Å². The maximum Gasteiger partial charge on any atom is 0.115 e. The van der Waals surface area contributed by atoms with E-state index in [2.05, 4.69) is 15.3 Å². The van der Waals surface area contributed by atoms with E-state index in [9.17, 15) is 0 Å². The van der Waals surface area contributed by atoms with Crippen LogP contribution in [0, 0.1) is 0 Å². The number of hydrogen-bond acceptors (Lipinski definition) is 3. The minimum Gasteiger partial charge on any atom is -0.309 e. The van der Waals surface area contributed by atoms with Gasteiger partial charge in [0.15, 0.2) is 0 Å². The molecule has 3 nitrogen and oxygen atoms in total. The Hall–Kier alpha value is -1.45. The van der Waals surface area contributed by atoms with Crippen LogP contribution in [0.2, 0.25) is 5.02 Å². The standard InChI is InChI=1S/C12H12ClN3/c1-14-12(10-6-15-8-16-7-10)9-3-2-4-11(13)5-9/h2-8,12,14H,1H3. The van der Waals surface area contributed by atoms with Crippen LogP contribution >= 0.6 is 11.6 Å². The van der Waals surface area contributed by atoms with Gasteiger partial charge in [-0.15, -0.1) is 0 Å². The lowest BCUT2D eigenvalue weighted by Gasteiger charge is -2.16. The Kier molecular flexibility index (Phi) is 3.49. The molecular weight excluding hydrogens is 222 g/mol. The first-order chi connectivity index (χ1) is 7.81. The summed E-state index contributed by atoms with van der Waals surface area (Å²) in [5.41, 5.74) is 2.12. The highest BCUT2D eigenvalue weighted by molar-refractivity contribution is 6.30. The lowest BCUT2D eigenvalue weighted by Crippen LogP contribution is -2.17. The molecule has 2 aromatic rings. The van der Waals surface area contributed by atoms with Crippen molar-refractivity contribution >= 4 is 11.6 Å². The number of nitrogens with zero attached hydrogens (tertiary/aromatic N) is 2. The molecule has 1 unspecified atom stereocenters. The van der Waals surface area contributed by atoms with Gasteiger partial charge in [0.1, 0.15) is 6.33 Å². The van der Waals surface area contributed by atoms with Gasteiger partial charge in [-0.2, -0.15) is 0 Å². The zero-order valence-corrected chi connectivity index (χ0v) is 9.65. The first-order valence-electron chi connectivity index (χ1n) is 4.99. The molecule has 0 aliphatic rings. The Balaban J connectivity index is 2.37. The van der Waals surface area contributed by atoms with Crippen LogP contribution in [0.1, 0.15) is 17.2 Å². The zero-order chi connectivity index (χ0) is 11.4. The second-order valence-corrected chi connectivity index (χ2v) is 3.88. The van der Waals surface area contributed by atoms with Crippen LogP contribution < -0.4 is 5.32 Å². The van der Waals surface area contributed by atoms with Gasteiger partial charge in [0.2, 0.25) is 0 Å². The van der Waals surface area contributed by atoms with Gasteiger partial charge in [0, 0.05) is 23.0 Å². The molecule has 0 aliphatic heterocycles. The molecule has 0 amide bonds. The summed E-state index contributed by atoms with van der Waals surface area (Å²) in [5, 5.41) is 3.95. The number of nitrogens with one attached hydrogen (secondary N) is 1. The third-order valence-electron chi connectivity index (χ3n) is 2.38. The van der Waals surface area contributed by atoms with Crippen molar-refractivity contribution in [3.8, 4) is 0 Å². The first kappa shape index (κ1) is 11.0. The molecule has 16 heavy (non-hydrogen) atoms. The third-order valence-corrected chi connectivity index (χ3v) is 2.62. The molecule has 0 fully saturated rings. The molecule has 82 valence electrons. The number of benzene rings is 1. The molecule has 2 rings (SSSR count). The third kappa shape index (κ3) is 2.38. The van der Waals surface area contributed by atoms with Crippen molar-refractivity contribution in [2.45, 2.75) is 6.04 Å². The molecule has 4 heteroatoms. The van der Waals surface area contributed by atoms with E-state index < -0.39 is 0 Å². The molecular formula is C12H12ClN3. The fraction of sp³-hybridized carbons (Fsp3) is 0.167. The van der Waals surface area contributed by atoms with E-state index in [-0.39, 0.29) is 6.04 Å². The molecule has 0 aliphatic carbocycles. The molecule has 0 radical (unpaired) electrons. The van der Waals surface area contributed by atoms with Crippen molar-refractivity contribution < 1.29 is 0 Å². The van der Waals surface area contributed by atoms with E-state index in [1.165, 1.54) is 6.33 Å². The van der Waals surface area contributed by atoms with Gasteiger partial charge in [0.05, 0.1) is 6.04 Å². The topological polar surface area (TPSA) is 37.8 Å². The van der Waals surface area contributed by atoms with Crippen molar-refractivity contribution in [1.29, 1.82) is 0 Å². The number of rotatable bonds is 3.